The number of benzene rings is 20. The van der Waals surface area contributed by atoms with Crippen LogP contribution in [0.4, 0.5) is 0 Å². The summed E-state index contributed by atoms with van der Waals surface area (Å²) in [5.74, 6) is 3.23. The number of nitrogens with zero attached hydrogens (tertiary/aromatic N) is 9. The molecule has 12 nitrogen and oxygen atoms in total. The zero-order valence-electron chi connectivity index (χ0n) is 104. The number of hydrogen-bond acceptors (Lipinski definition) is 12. The van der Waals surface area contributed by atoms with E-state index in [2.05, 4.69) is 76.3 Å². The Labute approximate surface area is 827 Å². The second kappa shape index (κ2) is 34.9. The Morgan fingerprint density at radius 1 is 0.141 bits per heavy atom. The first-order valence-electron chi connectivity index (χ1n) is 59.2. The molecule has 3 aliphatic rings. The van der Waals surface area contributed by atoms with E-state index in [4.69, 9.17) is 65.8 Å². The van der Waals surface area contributed by atoms with Crippen LogP contribution in [-0.2, 0) is 0 Å². The predicted molar refractivity (Wildman–Crippen MR) is 545 cm³/mol. The smallest absolute Gasteiger partial charge is 0.164 e. The minimum atomic E-state index is -0.750. The summed E-state index contributed by atoms with van der Waals surface area (Å²) in [6, 6.07) is 62.1. The molecule has 0 saturated heterocycles. The van der Waals surface area contributed by atoms with Crippen molar-refractivity contribution >= 4 is 32.3 Å². The second-order valence-corrected chi connectivity index (χ2v) is 30.9. The zero-order chi connectivity index (χ0) is 119. The third-order valence-electron chi connectivity index (χ3n) is 22.8. The van der Waals surface area contributed by atoms with Crippen LogP contribution in [0.25, 0.3) is 224 Å². The maximum atomic E-state index is 9.04. The summed E-state index contributed by atoms with van der Waals surface area (Å²) in [6.45, 7) is 0. The fraction of sp³-hybridized carbons (Fsp3) is 0. The van der Waals surface area contributed by atoms with Crippen LogP contribution >= 0.6 is 0 Å². The summed E-state index contributed by atoms with van der Waals surface area (Å²) in [6.07, 6.45) is 0. The molecule has 0 unspecified atom stereocenters. The number of hydrogen-bond donors (Lipinski definition) is 0. The highest BCUT2D eigenvalue weighted by atomic mass is 16.5. The Morgan fingerprint density at radius 2 is 0.326 bits per heavy atom. The van der Waals surface area contributed by atoms with Gasteiger partial charge >= 0.3 is 0 Å². The van der Waals surface area contributed by atoms with Crippen molar-refractivity contribution in [2.75, 3.05) is 0 Å². The van der Waals surface area contributed by atoms with E-state index in [0.29, 0.717) is 33.6 Å². The van der Waals surface area contributed by atoms with E-state index in [1.54, 1.807) is 48.5 Å². The molecule has 0 saturated carbocycles. The standard InChI is InChI=1S/2C43H27N3O.C37H23N3O/c2*1-3-9-28(10-4-1)29-17-21-33(22-18-29)42-44-41(32-11-5-2-6-12-32)45-43(46-42)34-23-19-30(20-24-34)35-25-26-38-37(27-35)36-15-7-13-31-14-8-16-39(47-38)40(31)36;1-3-9-26(10-4-1)35-38-36(27-11-5-2-6-12-27)40-37(39-35)28-19-17-24(18-20-28)29-21-22-32-31(23-29)30-15-7-13-25-14-8-16-33(41-32)34(25)30/h2*1-27H;1-23H/i1D,2D,3D,4D,5D,6D,9D,10D,11D,12D,17D,18D,21D,22D;2*1D,2D,3D,4D,5D,6D,9D,10D,11D,12D. The molecule has 632 valence electrons. The van der Waals surface area contributed by atoms with E-state index in [-0.39, 0.29) is 75.1 Å². The van der Waals surface area contributed by atoms with Gasteiger partial charge in [0.2, 0.25) is 0 Å². The molecule has 0 aliphatic carbocycles. The molecular weight excluding hydrogens is 1650 g/mol. The Bertz CT molecular complexity index is 10400. The topological polar surface area (TPSA) is 144 Å². The third kappa shape index (κ3) is 15.9. The van der Waals surface area contributed by atoms with Crippen molar-refractivity contribution in [1.82, 2.24) is 44.9 Å². The van der Waals surface area contributed by atoms with Gasteiger partial charge in [0.25, 0.3) is 0 Å². The quantitative estimate of drug-likeness (QED) is 0.102. The number of fused-ring (bicyclic) bond motifs is 6. The molecule has 3 aliphatic heterocycles. The van der Waals surface area contributed by atoms with Crippen LogP contribution in [0.3, 0.4) is 0 Å². The van der Waals surface area contributed by atoms with Crippen LogP contribution in [0, 0.1) is 0 Å². The van der Waals surface area contributed by atoms with E-state index in [1.807, 2.05) is 176 Å². The van der Waals surface area contributed by atoms with E-state index >= 15 is 0 Å². The van der Waals surface area contributed by atoms with Gasteiger partial charge in [0.15, 0.2) is 52.4 Å². The Hall–Kier alpha value is -18.4. The second-order valence-electron chi connectivity index (χ2n) is 30.9. The molecule has 3 aromatic heterocycles. The van der Waals surface area contributed by atoms with Gasteiger partial charge < -0.3 is 14.2 Å². The Kier molecular flexibility index (Phi) is 13.4. The molecule has 6 heterocycles. The van der Waals surface area contributed by atoms with Gasteiger partial charge in [0.1, 0.15) is 34.5 Å². The number of rotatable bonds is 14. The van der Waals surface area contributed by atoms with E-state index in [1.165, 1.54) is 0 Å². The zero-order valence-corrected chi connectivity index (χ0v) is 70.1. The van der Waals surface area contributed by atoms with Crippen molar-refractivity contribution in [3.8, 4) is 226 Å². The molecular formula is C123H77N9O3. The van der Waals surface area contributed by atoms with Crippen LogP contribution in [0.15, 0.2) is 466 Å². The van der Waals surface area contributed by atoms with E-state index in [0.717, 1.165) is 128 Å². The summed E-state index contributed by atoms with van der Waals surface area (Å²) in [4.78, 5) is 40.8. The maximum Gasteiger partial charge on any atom is 0.164 e. The maximum absolute atomic E-state index is 9.04. The summed E-state index contributed by atoms with van der Waals surface area (Å²) in [5, 5.41) is 6.33. The lowest BCUT2D eigenvalue weighted by Crippen LogP contribution is -2.00. The lowest BCUT2D eigenvalue weighted by Gasteiger charge is -2.22. The molecule has 0 radical (unpaired) electrons. The van der Waals surface area contributed by atoms with E-state index < -0.39 is 227 Å². The lowest BCUT2D eigenvalue weighted by molar-refractivity contribution is 0.487. The van der Waals surface area contributed by atoms with E-state index in [9.17, 15) is 0 Å². The number of aromatic nitrogens is 9. The summed E-state index contributed by atoms with van der Waals surface area (Å²) in [7, 11) is 0. The first-order valence-corrected chi connectivity index (χ1v) is 42.2. The van der Waals surface area contributed by atoms with Crippen molar-refractivity contribution < 1.29 is 60.8 Å². The third-order valence-corrected chi connectivity index (χ3v) is 22.8. The molecule has 0 amide bonds. The largest absolute Gasteiger partial charge is 0.456 e. The van der Waals surface area contributed by atoms with Crippen molar-refractivity contribution in [2.45, 2.75) is 0 Å². The summed E-state index contributed by atoms with van der Waals surface area (Å²) in [5.41, 5.74) is 10.8. The normalized spacial score (nSPS) is 15.1. The molecule has 0 fully saturated rings. The highest BCUT2D eigenvalue weighted by Gasteiger charge is 2.26. The molecule has 26 rings (SSSR count). The molecule has 0 atom stereocenters. The molecule has 0 N–H and O–H groups in total. The Morgan fingerprint density at radius 3 is 0.585 bits per heavy atom. The van der Waals surface area contributed by atoms with Gasteiger partial charge in [0, 0.05) is 82.9 Å². The van der Waals surface area contributed by atoms with Gasteiger partial charge in [-0.25, -0.2) is 44.9 Å². The minimum absolute atomic E-state index is 0.00213. The van der Waals surface area contributed by atoms with Gasteiger partial charge in [-0.3, -0.25) is 0 Å². The molecule has 12 heteroatoms. The Balaban J connectivity index is 0.000000131. The first kappa shape index (κ1) is 51.7. The molecule has 20 aromatic carbocycles. The van der Waals surface area contributed by atoms with Crippen molar-refractivity contribution in [3.63, 3.8) is 0 Å². The van der Waals surface area contributed by atoms with Gasteiger partial charge in [-0.2, -0.15) is 0 Å². The van der Waals surface area contributed by atoms with Crippen LogP contribution in [0.2, 0.25) is 0 Å². The SMILES string of the molecule is [2H]c1c([2H])c([2H])c(-c2ccc(-c3nc(-c4ccc(-c5ccc6c(c5)-c5cccc7cccc(c57)O6)cc4)nc(-c4c([2H])c([2H])c([2H])c([2H])c4[2H])n3)cc2)c([2H])c1[2H].[2H]c1c([2H])c([2H])c(-c2nc(-c3ccc(-c4ccc5c(c4)-c4cccc6cccc(c46)O5)cc3)nc(-c3c([2H])c([2H])c(-c4c([2H])c([2H])c([2H])c([2H])c4[2H])c([2H])c3[2H])n2)c([2H])c1[2H].[2H]c1c([2H])c([2H])c(-c2nc(-c3ccc(-c4ccc5c(c4)-c4cccc6cccc(c46)O5)cc3)nc(-c3c([2H])c([2H])c([2H])c([2H])c3[2H])n2)c([2H])c1[2H]. The van der Waals surface area contributed by atoms with Gasteiger partial charge in [-0.1, -0.05) is 412 Å². The van der Waals surface area contributed by atoms with Crippen LogP contribution in [0.5, 0.6) is 34.5 Å². The molecule has 0 spiro atoms. The fourth-order valence-electron chi connectivity index (χ4n) is 16.4. The molecule has 23 aromatic rings. The van der Waals surface area contributed by atoms with Crippen molar-refractivity contribution in [2.24, 2.45) is 0 Å². The van der Waals surface area contributed by atoms with Crippen LogP contribution < -0.4 is 14.2 Å². The number of ether oxygens (including phenoxy) is 3. The highest BCUT2D eigenvalue weighted by Crippen LogP contribution is 2.52. The monoisotopic (exact) mass is 1760 g/mol. The van der Waals surface area contributed by atoms with Crippen molar-refractivity contribution in [1.29, 1.82) is 0 Å². The molecule has 135 heavy (non-hydrogen) atoms. The highest BCUT2D eigenvalue weighted by molar-refractivity contribution is 6.07. The predicted octanol–water partition coefficient (Wildman–Crippen LogP) is 31.7. The van der Waals surface area contributed by atoms with Gasteiger partial charge in [-0.15, -0.1) is 0 Å². The lowest BCUT2D eigenvalue weighted by atomic mass is 9.92. The average Bonchev–Trinajstić information content (AvgIpc) is 0.722. The fourth-order valence-corrected chi connectivity index (χ4v) is 16.4. The summed E-state index contributed by atoms with van der Waals surface area (Å²) < 4.78 is 304. The van der Waals surface area contributed by atoms with Crippen LogP contribution in [0.1, 0.15) is 46.6 Å². The minimum Gasteiger partial charge on any atom is -0.456 e. The van der Waals surface area contributed by atoms with Gasteiger partial charge in [-0.05, 0) is 143 Å². The van der Waals surface area contributed by atoms with Crippen LogP contribution in [-0.4, -0.2) is 44.9 Å². The van der Waals surface area contributed by atoms with Crippen molar-refractivity contribution in [3.05, 3.63) is 466 Å². The van der Waals surface area contributed by atoms with Gasteiger partial charge in [0.05, 0.1) is 46.6 Å². The first-order chi connectivity index (χ1) is 80.9. The summed E-state index contributed by atoms with van der Waals surface area (Å²) >= 11 is 0. The average molecular weight is 1760 g/mol. The molecule has 0 bridgehead atoms.